The zero-order valence-electron chi connectivity index (χ0n) is 3.72. The van der Waals surface area contributed by atoms with E-state index in [1.165, 1.54) is 0 Å². The van der Waals surface area contributed by atoms with Crippen molar-refractivity contribution in [3.8, 4) is 0 Å². The molecule has 0 unspecified atom stereocenters. The summed E-state index contributed by atoms with van der Waals surface area (Å²) in [5.41, 5.74) is 0. The Hall–Kier alpha value is 3.43. The van der Waals surface area contributed by atoms with Crippen LogP contribution in [0.15, 0.2) is 0 Å². The monoisotopic (exact) mass is 452 g/mol. The molecule has 0 aromatic rings. The molecule has 56 valence electrons. The fourth-order valence-electron chi connectivity index (χ4n) is 0. The molecular formula is AlCl7Hf. The maximum absolute atomic E-state index is 0. The van der Waals surface area contributed by atoms with Crippen LogP contribution in [0.3, 0.4) is 0 Å². The topological polar surface area (TPSA) is 0 Å². The van der Waals surface area contributed by atoms with E-state index in [0.29, 0.717) is 0 Å². The van der Waals surface area contributed by atoms with Crippen LogP contribution >= 0.6 is 0 Å². The van der Waals surface area contributed by atoms with E-state index in [9.17, 15) is 0 Å². The molecule has 0 atom stereocenters. The van der Waals surface area contributed by atoms with Crippen molar-refractivity contribution in [1.29, 1.82) is 0 Å². The molecule has 0 N–H and O–H groups in total. The van der Waals surface area contributed by atoms with Gasteiger partial charge in [0, 0.05) is 0 Å². The summed E-state index contributed by atoms with van der Waals surface area (Å²) in [6, 6.07) is 0. The first-order chi connectivity index (χ1) is 0. The number of halogens is 7. The molecule has 0 saturated heterocycles. The summed E-state index contributed by atoms with van der Waals surface area (Å²) in [6.07, 6.45) is 0. The van der Waals surface area contributed by atoms with E-state index in [-0.39, 0.29) is 130 Å². The van der Waals surface area contributed by atoms with Crippen LogP contribution in [-0.2, 0) is 25.8 Å². The van der Waals surface area contributed by atoms with Crippen LogP contribution in [0.5, 0.6) is 0 Å². The Bertz CT molecular complexity index is 8.88. The van der Waals surface area contributed by atoms with Gasteiger partial charge in [-0.15, -0.1) is 0 Å². The normalized spacial score (nSPS) is 0. The third-order valence-corrected chi connectivity index (χ3v) is 0. The molecule has 0 nitrogen and oxygen atoms in total. The zero-order valence-corrected chi connectivity index (χ0v) is 13.8. The Labute approximate surface area is 128 Å². The Kier molecular flexibility index (Phi) is 1620. The van der Waals surface area contributed by atoms with Gasteiger partial charge in [-0.25, -0.2) is 0 Å². The maximum Gasteiger partial charge on any atom is 4.00 e. The van der Waals surface area contributed by atoms with Crippen molar-refractivity contribution < 1.29 is 113 Å². The van der Waals surface area contributed by atoms with Gasteiger partial charge >= 0.3 is 43.2 Å². The van der Waals surface area contributed by atoms with Crippen molar-refractivity contribution in [2.24, 2.45) is 0 Å². The predicted molar refractivity (Wildman–Crippen MR) is 5.75 cm³/mol. The first-order valence-corrected chi connectivity index (χ1v) is 0. The van der Waals surface area contributed by atoms with Gasteiger partial charge in [-0.3, -0.25) is 0 Å². The molecule has 0 amide bonds. The number of rotatable bonds is 0. The molecule has 0 rings (SSSR count). The Balaban J connectivity index is 0. The Morgan fingerprint density at radius 3 is 0.333 bits per heavy atom. The van der Waals surface area contributed by atoms with Crippen LogP contribution in [0.2, 0.25) is 0 Å². The fourth-order valence-corrected chi connectivity index (χ4v) is 0. The third-order valence-electron chi connectivity index (χ3n) is 0. The minimum Gasteiger partial charge on any atom is -1.00 e. The van der Waals surface area contributed by atoms with Crippen LogP contribution in [0.1, 0.15) is 0 Å². The molecule has 0 heterocycles. The van der Waals surface area contributed by atoms with Crippen molar-refractivity contribution in [2.45, 2.75) is 0 Å². The van der Waals surface area contributed by atoms with Crippen molar-refractivity contribution in [1.82, 2.24) is 0 Å². The molecule has 0 aliphatic carbocycles. The molecule has 0 aliphatic heterocycles. The van der Waals surface area contributed by atoms with Gasteiger partial charge in [0.05, 0.1) is 0 Å². The van der Waals surface area contributed by atoms with Crippen molar-refractivity contribution >= 4 is 17.4 Å². The molecule has 0 aromatic carbocycles. The van der Waals surface area contributed by atoms with Gasteiger partial charge in [-0.05, 0) is 0 Å². The zero-order chi connectivity index (χ0) is 0. The molecule has 9 heavy (non-hydrogen) atoms. The van der Waals surface area contributed by atoms with Crippen molar-refractivity contribution in [3.63, 3.8) is 0 Å². The quantitative estimate of drug-likeness (QED) is 0.320. The summed E-state index contributed by atoms with van der Waals surface area (Å²) in [5, 5.41) is 0. The summed E-state index contributed by atoms with van der Waals surface area (Å²) in [6.45, 7) is 0. The van der Waals surface area contributed by atoms with Gasteiger partial charge in [0.1, 0.15) is 0 Å². The van der Waals surface area contributed by atoms with Crippen LogP contribution in [0, 0.1) is 0 Å². The second-order valence-electron chi connectivity index (χ2n) is 0. The smallest absolute Gasteiger partial charge is 1.00 e. The minimum absolute atomic E-state index is 0. The first kappa shape index (κ1) is 138. The largest absolute Gasteiger partial charge is 4.00 e. The summed E-state index contributed by atoms with van der Waals surface area (Å²) >= 11 is 0. The fraction of sp³-hybridized carbons (Fsp3) is 0. The first-order valence-electron chi connectivity index (χ1n) is 0. The van der Waals surface area contributed by atoms with Gasteiger partial charge in [0.15, 0.2) is 0 Å². The summed E-state index contributed by atoms with van der Waals surface area (Å²) in [7, 11) is 0. The minimum atomic E-state index is 0. The summed E-state index contributed by atoms with van der Waals surface area (Å²) in [5.74, 6) is 0. The van der Waals surface area contributed by atoms with Gasteiger partial charge < -0.3 is 86.8 Å². The predicted octanol–water partition coefficient (Wildman–Crippen LogP) is -21.4. The average molecular weight is 454 g/mol. The van der Waals surface area contributed by atoms with Gasteiger partial charge in [-0.1, -0.05) is 0 Å². The Morgan fingerprint density at radius 2 is 0.333 bits per heavy atom. The van der Waals surface area contributed by atoms with Crippen molar-refractivity contribution in [3.05, 3.63) is 0 Å². The van der Waals surface area contributed by atoms with Crippen LogP contribution in [0.4, 0.5) is 0 Å². The van der Waals surface area contributed by atoms with Gasteiger partial charge in [0.2, 0.25) is 0 Å². The van der Waals surface area contributed by atoms with E-state index < -0.39 is 0 Å². The van der Waals surface area contributed by atoms with Crippen LogP contribution in [-0.4, -0.2) is 17.4 Å². The molecule has 0 aliphatic rings. The van der Waals surface area contributed by atoms with E-state index in [1.807, 2.05) is 0 Å². The van der Waals surface area contributed by atoms with E-state index in [0.717, 1.165) is 0 Å². The van der Waals surface area contributed by atoms with Crippen molar-refractivity contribution in [2.75, 3.05) is 0 Å². The SMILES string of the molecule is [Al+3].[Cl-].[Cl-].[Cl-].[Cl-].[Cl-].[Cl-].[Cl-].[Hf+4]. The standard InChI is InChI=1S/Al.7ClH.Hf/h;7*1H;/q+3;;;;;;;;+4/p-7. The molecule has 9 heteroatoms. The second kappa shape index (κ2) is 106. The summed E-state index contributed by atoms with van der Waals surface area (Å²) in [4.78, 5) is 0. The van der Waals surface area contributed by atoms with E-state index in [1.54, 1.807) is 0 Å². The average Bonchev–Trinajstić information content (AvgIpc) is 0. The third kappa shape index (κ3) is 86.3. The Morgan fingerprint density at radius 1 is 0.333 bits per heavy atom. The molecule has 0 fully saturated rings. The van der Waals surface area contributed by atoms with Crippen LogP contribution < -0.4 is 86.8 Å². The second-order valence-corrected chi connectivity index (χ2v) is 0. The van der Waals surface area contributed by atoms with Gasteiger partial charge in [0.25, 0.3) is 0 Å². The van der Waals surface area contributed by atoms with E-state index >= 15 is 0 Å². The van der Waals surface area contributed by atoms with E-state index in [2.05, 4.69) is 0 Å². The summed E-state index contributed by atoms with van der Waals surface area (Å²) < 4.78 is 0. The van der Waals surface area contributed by atoms with E-state index in [4.69, 9.17) is 0 Å². The maximum atomic E-state index is 0. The van der Waals surface area contributed by atoms with Gasteiger partial charge in [-0.2, -0.15) is 0 Å². The molecule has 0 radical (unpaired) electrons. The molecule has 0 spiro atoms. The van der Waals surface area contributed by atoms with Crippen LogP contribution in [0.25, 0.3) is 0 Å². The molecular weight excluding hydrogens is 454 g/mol. The molecule has 0 aromatic heterocycles. The number of hydrogen-bond donors (Lipinski definition) is 0. The molecule has 0 saturated carbocycles. The molecule has 0 bridgehead atoms. The number of hydrogen-bond acceptors (Lipinski definition) is 0.